The summed E-state index contributed by atoms with van der Waals surface area (Å²) >= 11 is 1.66. The Morgan fingerprint density at radius 3 is 2.59 bits per heavy atom. The molecule has 0 aliphatic carbocycles. The van der Waals surface area contributed by atoms with E-state index in [1.54, 1.807) is 16.2 Å². The number of amidine groups is 1. The van der Waals surface area contributed by atoms with Gasteiger partial charge in [-0.15, -0.1) is 11.3 Å². The Kier molecular flexibility index (Phi) is 8.76. The van der Waals surface area contributed by atoms with E-state index < -0.39 is 5.60 Å². The molecule has 34 heavy (non-hydrogen) atoms. The number of likely N-dealkylation sites (tertiary alicyclic amines) is 1. The van der Waals surface area contributed by atoms with Crippen molar-refractivity contribution in [3.05, 3.63) is 21.4 Å². The molecule has 2 aliphatic heterocycles. The summed E-state index contributed by atoms with van der Waals surface area (Å²) in [5.74, 6) is 0.769. The molecule has 2 amide bonds. The van der Waals surface area contributed by atoms with Gasteiger partial charge in [-0.3, -0.25) is 9.63 Å². The first kappa shape index (κ1) is 26.2. The van der Waals surface area contributed by atoms with Crippen LogP contribution in [-0.4, -0.2) is 59.6 Å². The summed E-state index contributed by atoms with van der Waals surface area (Å²) in [6.45, 7) is 11.9. The lowest BCUT2D eigenvalue weighted by Crippen LogP contribution is -2.42. The fourth-order valence-electron chi connectivity index (χ4n) is 4.15. The molecular weight excluding hydrogens is 452 g/mol. The molecule has 0 unspecified atom stereocenters. The number of amides is 2. The van der Waals surface area contributed by atoms with Crippen molar-refractivity contribution in [2.24, 2.45) is 16.6 Å². The Morgan fingerprint density at radius 1 is 1.26 bits per heavy atom. The molecule has 1 fully saturated rings. The lowest BCUT2D eigenvalue weighted by atomic mass is 9.93. The third-order valence-electron chi connectivity index (χ3n) is 5.70. The Bertz CT molecular complexity index is 933. The van der Waals surface area contributed by atoms with Crippen molar-refractivity contribution in [2.75, 3.05) is 26.2 Å². The molecular formula is C25H38N4O4S. The molecule has 1 aromatic heterocycles. The minimum atomic E-state index is -0.477. The largest absolute Gasteiger partial charge is 0.444 e. The van der Waals surface area contributed by atoms with Crippen LogP contribution in [0.2, 0.25) is 0 Å². The summed E-state index contributed by atoms with van der Waals surface area (Å²) in [4.78, 5) is 39.5. The van der Waals surface area contributed by atoms with Crippen molar-refractivity contribution >= 4 is 40.9 Å². The zero-order valence-electron chi connectivity index (χ0n) is 21.1. The third-order valence-corrected chi connectivity index (χ3v) is 6.79. The summed E-state index contributed by atoms with van der Waals surface area (Å²) in [5.41, 5.74) is 7.10. The van der Waals surface area contributed by atoms with E-state index in [0.717, 1.165) is 36.2 Å². The molecule has 0 atom stereocenters. The van der Waals surface area contributed by atoms with Crippen molar-refractivity contribution in [1.82, 2.24) is 9.96 Å². The number of hydrogen-bond donors (Lipinski definition) is 1. The van der Waals surface area contributed by atoms with Crippen LogP contribution < -0.4 is 5.73 Å². The van der Waals surface area contributed by atoms with Gasteiger partial charge in [0.2, 0.25) is 0 Å². The van der Waals surface area contributed by atoms with E-state index in [9.17, 15) is 9.59 Å². The number of hydroxylamine groups is 2. The number of rotatable bonds is 7. The van der Waals surface area contributed by atoms with Crippen LogP contribution in [0.5, 0.6) is 0 Å². The van der Waals surface area contributed by atoms with E-state index in [2.05, 4.69) is 11.1 Å². The quantitative estimate of drug-likeness (QED) is 0.548. The summed E-state index contributed by atoms with van der Waals surface area (Å²) in [6, 6.07) is 2.09. The number of nitrogens with two attached hydrogens (primary N) is 1. The molecule has 0 aromatic carbocycles. The number of carbonyl (C=O) groups excluding carboxylic acids is 2. The van der Waals surface area contributed by atoms with Gasteiger partial charge < -0.3 is 15.4 Å². The van der Waals surface area contributed by atoms with Gasteiger partial charge in [-0.05, 0) is 71.4 Å². The van der Waals surface area contributed by atoms with Crippen LogP contribution in [0.25, 0.3) is 6.08 Å². The van der Waals surface area contributed by atoms with Crippen LogP contribution in [0.1, 0.15) is 70.1 Å². The molecule has 3 rings (SSSR count). The highest BCUT2D eigenvalue weighted by Gasteiger charge is 2.28. The zero-order valence-corrected chi connectivity index (χ0v) is 21.9. The smallest absolute Gasteiger partial charge is 0.410 e. The molecule has 0 spiro atoms. The summed E-state index contributed by atoms with van der Waals surface area (Å²) in [5, 5.41) is 1.43. The monoisotopic (exact) mass is 490 g/mol. The molecule has 9 heteroatoms. The number of aliphatic imine (C=N–C) groups is 1. The highest BCUT2D eigenvalue weighted by molar-refractivity contribution is 7.13. The van der Waals surface area contributed by atoms with Crippen LogP contribution in [0.3, 0.4) is 0 Å². The molecule has 0 bridgehead atoms. The number of piperidine rings is 1. The first-order valence-corrected chi connectivity index (χ1v) is 13.0. The minimum absolute atomic E-state index is 0.154. The van der Waals surface area contributed by atoms with Gasteiger partial charge in [0, 0.05) is 36.5 Å². The fourth-order valence-corrected chi connectivity index (χ4v) is 5.33. The van der Waals surface area contributed by atoms with Gasteiger partial charge in [-0.2, -0.15) is 0 Å². The van der Waals surface area contributed by atoms with Gasteiger partial charge in [0.15, 0.2) is 0 Å². The molecule has 0 radical (unpaired) electrons. The van der Waals surface area contributed by atoms with Gasteiger partial charge in [-0.25, -0.2) is 14.9 Å². The van der Waals surface area contributed by atoms with Crippen molar-refractivity contribution < 1.29 is 19.2 Å². The van der Waals surface area contributed by atoms with Gasteiger partial charge in [0.25, 0.3) is 5.91 Å². The van der Waals surface area contributed by atoms with E-state index in [1.165, 1.54) is 9.94 Å². The van der Waals surface area contributed by atoms with E-state index in [0.29, 0.717) is 50.0 Å². The van der Waals surface area contributed by atoms with Crippen LogP contribution in [-0.2, 0) is 20.8 Å². The van der Waals surface area contributed by atoms with Crippen molar-refractivity contribution in [3.8, 4) is 0 Å². The molecule has 1 aromatic rings. The second-order valence-corrected chi connectivity index (χ2v) is 11.0. The predicted octanol–water partition coefficient (Wildman–Crippen LogP) is 4.90. The molecule has 1 saturated heterocycles. The Balaban J connectivity index is 1.67. The zero-order chi connectivity index (χ0) is 24.9. The lowest BCUT2D eigenvalue weighted by Gasteiger charge is -2.33. The van der Waals surface area contributed by atoms with E-state index in [-0.39, 0.29) is 12.0 Å². The Hall–Kier alpha value is -2.39. The highest BCUT2D eigenvalue weighted by atomic mass is 32.1. The lowest BCUT2D eigenvalue weighted by molar-refractivity contribution is -0.180. The van der Waals surface area contributed by atoms with E-state index in [4.69, 9.17) is 15.3 Å². The van der Waals surface area contributed by atoms with Gasteiger partial charge in [0.05, 0.1) is 17.2 Å². The molecule has 0 saturated carbocycles. The maximum absolute atomic E-state index is 13.1. The average molecular weight is 491 g/mol. The maximum atomic E-state index is 13.1. The van der Waals surface area contributed by atoms with Crippen LogP contribution >= 0.6 is 11.3 Å². The Morgan fingerprint density at radius 2 is 1.97 bits per heavy atom. The van der Waals surface area contributed by atoms with Gasteiger partial charge in [-0.1, -0.05) is 6.92 Å². The standard InChI is InChI=1S/C25H38N4O4S/c1-6-10-29(32-7-2)23(30)18-14-21-20(27-22(26)15-18)16-19(34-21)13-17-8-11-28(12-9-17)24(31)33-25(3,4)5/h14,16-17H,6-13,15H2,1-5H3,(H2,26,27). The molecule has 2 N–H and O–H groups in total. The second-order valence-electron chi connectivity index (χ2n) is 9.85. The fraction of sp³-hybridized carbons (Fsp3) is 0.640. The van der Waals surface area contributed by atoms with E-state index >= 15 is 0 Å². The summed E-state index contributed by atoms with van der Waals surface area (Å²) in [6.07, 6.45) is 5.61. The minimum Gasteiger partial charge on any atom is -0.444 e. The molecule has 2 aliphatic rings. The van der Waals surface area contributed by atoms with Crippen LogP contribution in [0, 0.1) is 5.92 Å². The Labute approximate surface area is 206 Å². The number of hydrogen-bond acceptors (Lipinski definition) is 7. The van der Waals surface area contributed by atoms with Crippen LogP contribution in [0.4, 0.5) is 10.5 Å². The number of carbonyl (C=O) groups is 2. The molecule has 3 heterocycles. The van der Waals surface area contributed by atoms with Crippen LogP contribution in [0.15, 0.2) is 16.6 Å². The van der Waals surface area contributed by atoms with Gasteiger partial charge >= 0.3 is 6.09 Å². The van der Waals surface area contributed by atoms with Gasteiger partial charge in [0.1, 0.15) is 11.4 Å². The number of fused-ring (bicyclic) bond motifs is 1. The SMILES string of the molecule is CCCN(OCC)C(=O)C1=Cc2sc(CC3CCN(C(=O)OC(C)(C)C)CC3)cc2N=C(N)C1. The number of thiophene rings is 1. The first-order chi connectivity index (χ1) is 16.1. The average Bonchev–Trinajstić information content (AvgIpc) is 3.04. The molecule has 188 valence electrons. The number of nitrogens with zero attached hydrogens (tertiary/aromatic N) is 3. The van der Waals surface area contributed by atoms with Crippen molar-refractivity contribution in [3.63, 3.8) is 0 Å². The normalized spacial score (nSPS) is 16.9. The summed E-state index contributed by atoms with van der Waals surface area (Å²) < 4.78 is 5.50. The summed E-state index contributed by atoms with van der Waals surface area (Å²) in [7, 11) is 0. The van der Waals surface area contributed by atoms with E-state index in [1.807, 2.05) is 40.7 Å². The maximum Gasteiger partial charge on any atom is 0.410 e. The predicted molar refractivity (Wildman–Crippen MR) is 136 cm³/mol. The second kappa shape index (κ2) is 11.4. The van der Waals surface area contributed by atoms with Crippen molar-refractivity contribution in [1.29, 1.82) is 0 Å². The first-order valence-electron chi connectivity index (χ1n) is 12.2. The van der Waals surface area contributed by atoms with Crippen molar-refractivity contribution in [2.45, 2.75) is 72.3 Å². The topological polar surface area (TPSA) is 97.5 Å². The molecule has 8 nitrogen and oxygen atoms in total. The number of ether oxygens (including phenoxy) is 1. The third kappa shape index (κ3) is 7.06. The highest BCUT2D eigenvalue weighted by Crippen LogP contribution is 2.37.